The molecule has 8 heteroatoms. The first-order chi connectivity index (χ1) is 14.3. The molecule has 1 saturated carbocycles. The summed E-state index contributed by atoms with van der Waals surface area (Å²) < 4.78 is 27.4. The van der Waals surface area contributed by atoms with Gasteiger partial charge in [-0.15, -0.1) is 0 Å². The molecule has 0 saturated heterocycles. The van der Waals surface area contributed by atoms with Gasteiger partial charge in [-0.05, 0) is 49.6 Å². The van der Waals surface area contributed by atoms with E-state index in [4.69, 9.17) is 0 Å². The summed E-state index contributed by atoms with van der Waals surface area (Å²) in [6.07, 6.45) is 3.39. The lowest BCUT2D eigenvalue weighted by Gasteiger charge is -2.20. The van der Waals surface area contributed by atoms with E-state index in [1.807, 2.05) is 6.92 Å². The van der Waals surface area contributed by atoms with Crippen LogP contribution in [0.5, 0.6) is 0 Å². The third kappa shape index (κ3) is 5.25. The molecule has 0 atom stereocenters. The highest BCUT2D eigenvalue weighted by atomic mass is 32.2. The summed E-state index contributed by atoms with van der Waals surface area (Å²) in [6.45, 7) is 2.35. The second-order valence-corrected chi connectivity index (χ2v) is 9.19. The minimum atomic E-state index is -3.65. The van der Waals surface area contributed by atoms with Gasteiger partial charge in [-0.2, -0.15) is 0 Å². The molecule has 1 aliphatic rings. The number of unbranched alkanes of at least 4 members (excludes halogenated alkanes) is 1. The fourth-order valence-corrected chi connectivity index (χ4v) is 4.21. The predicted octanol–water partition coefficient (Wildman–Crippen LogP) is 3.39. The second kappa shape index (κ2) is 9.40. The summed E-state index contributed by atoms with van der Waals surface area (Å²) in [6, 6.07) is 13.0. The van der Waals surface area contributed by atoms with E-state index in [1.165, 1.54) is 17.0 Å². The van der Waals surface area contributed by atoms with Crippen LogP contribution in [0.3, 0.4) is 0 Å². The normalized spacial score (nSPS) is 13.7. The summed E-state index contributed by atoms with van der Waals surface area (Å²) in [7, 11) is -1.98. The number of nitrogens with zero attached hydrogens (tertiary/aromatic N) is 1. The molecule has 0 aromatic heterocycles. The monoisotopic (exact) mass is 429 g/mol. The Morgan fingerprint density at radius 3 is 2.53 bits per heavy atom. The lowest BCUT2D eigenvalue weighted by atomic mass is 10.1. The van der Waals surface area contributed by atoms with Crippen molar-refractivity contribution >= 4 is 33.2 Å². The number of hydrogen-bond donors (Lipinski definition) is 2. The molecule has 0 aliphatic heterocycles. The number of para-hydroxylation sites is 1. The zero-order valence-electron chi connectivity index (χ0n) is 17.2. The average Bonchev–Trinajstić information content (AvgIpc) is 3.58. The minimum absolute atomic E-state index is 0.00138. The van der Waals surface area contributed by atoms with Gasteiger partial charge in [-0.25, -0.2) is 13.1 Å². The quantitative estimate of drug-likeness (QED) is 0.597. The summed E-state index contributed by atoms with van der Waals surface area (Å²) in [5.74, 6) is -0.371. The maximum absolute atomic E-state index is 12.9. The van der Waals surface area contributed by atoms with Gasteiger partial charge in [0.05, 0.1) is 16.1 Å². The Morgan fingerprint density at radius 2 is 1.83 bits per heavy atom. The average molecular weight is 430 g/mol. The van der Waals surface area contributed by atoms with E-state index in [9.17, 15) is 18.0 Å². The van der Waals surface area contributed by atoms with Crippen LogP contribution in [0.4, 0.5) is 11.4 Å². The predicted molar refractivity (Wildman–Crippen MR) is 117 cm³/mol. The molecule has 2 amide bonds. The molecule has 2 N–H and O–H groups in total. The fourth-order valence-electron chi connectivity index (χ4n) is 3.09. The molecule has 160 valence electrons. The van der Waals surface area contributed by atoms with Gasteiger partial charge in [0, 0.05) is 25.2 Å². The molecular formula is C22H27N3O4S. The molecular weight excluding hydrogens is 402 g/mol. The van der Waals surface area contributed by atoms with Crippen molar-refractivity contribution in [1.82, 2.24) is 4.72 Å². The first-order valence-electron chi connectivity index (χ1n) is 10.1. The Hall–Kier alpha value is -2.71. The standard InChI is InChI=1S/C22H27N3O4S/c1-3-4-14-23-30(28,29)18-9-7-8-17(15-18)24-21(26)19-10-5-6-11-20(19)25(2)22(27)16-12-13-16/h5-11,15-16,23H,3-4,12-14H2,1-2H3,(H,24,26). The van der Waals surface area contributed by atoms with E-state index < -0.39 is 15.9 Å². The highest BCUT2D eigenvalue weighted by Gasteiger charge is 2.33. The van der Waals surface area contributed by atoms with Crippen molar-refractivity contribution in [1.29, 1.82) is 0 Å². The number of carbonyl (C=O) groups excluding carboxylic acids is 2. The Balaban J connectivity index is 1.78. The van der Waals surface area contributed by atoms with Crippen LogP contribution in [-0.2, 0) is 14.8 Å². The number of nitrogens with one attached hydrogen (secondary N) is 2. The van der Waals surface area contributed by atoms with Crippen LogP contribution in [0, 0.1) is 5.92 Å². The third-order valence-electron chi connectivity index (χ3n) is 4.99. The zero-order chi connectivity index (χ0) is 21.7. The van der Waals surface area contributed by atoms with E-state index in [2.05, 4.69) is 10.0 Å². The molecule has 0 heterocycles. The van der Waals surface area contributed by atoms with Crippen molar-refractivity contribution in [2.45, 2.75) is 37.5 Å². The molecule has 0 radical (unpaired) electrons. The molecule has 0 bridgehead atoms. The maximum Gasteiger partial charge on any atom is 0.257 e. The van der Waals surface area contributed by atoms with Gasteiger partial charge in [0.1, 0.15) is 0 Å². The van der Waals surface area contributed by atoms with E-state index in [0.29, 0.717) is 23.5 Å². The first kappa shape index (κ1) is 22.0. The number of sulfonamides is 1. The van der Waals surface area contributed by atoms with E-state index in [0.717, 1.165) is 25.7 Å². The molecule has 7 nitrogen and oxygen atoms in total. The molecule has 1 fully saturated rings. The highest BCUT2D eigenvalue weighted by Crippen LogP contribution is 2.33. The largest absolute Gasteiger partial charge is 0.322 e. The Morgan fingerprint density at radius 1 is 1.10 bits per heavy atom. The SMILES string of the molecule is CCCCNS(=O)(=O)c1cccc(NC(=O)c2ccccc2N(C)C(=O)C2CC2)c1. The topological polar surface area (TPSA) is 95.6 Å². The van der Waals surface area contributed by atoms with Crippen LogP contribution in [0.25, 0.3) is 0 Å². The van der Waals surface area contributed by atoms with Crippen molar-refractivity contribution < 1.29 is 18.0 Å². The van der Waals surface area contributed by atoms with Crippen LogP contribution in [-0.4, -0.2) is 33.8 Å². The molecule has 2 aromatic carbocycles. The van der Waals surface area contributed by atoms with Gasteiger partial charge in [0.15, 0.2) is 0 Å². The Bertz CT molecular complexity index is 1030. The van der Waals surface area contributed by atoms with Crippen LogP contribution >= 0.6 is 0 Å². The van der Waals surface area contributed by atoms with Gasteiger partial charge in [0.2, 0.25) is 15.9 Å². The van der Waals surface area contributed by atoms with Crippen LogP contribution in [0.2, 0.25) is 0 Å². The number of amides is 2. The molecule has 1 aliphatic carbocycles. The fraction of sp³-hybridized carbons (Fsp3) is 0.364. The van der Waals surface area contributed by atoms with E-state index in [1.54, 1.807) is 43.4 Å². The zero-order valence-corrected chi connectivity index (χ0v) is 18.0. The molecule has 2 aromatic rings. The van der Waals surface area contributed by atoms with Gasteiger partial charge in [0.25, 0.3) is 5.91 Å². The lowest BCUT2D eigenvalue weighted by Crippen LogP contribution is -2.30. The van der Waals surface area contributed by atoms with Crippen molar-refractivity contribution in [3.05, 3.63) is 54.1 Å². The van der Waals surface area contributed by atoms with Crippen LogP contribution in [0.15, 0.2) is 53.4 Å². The summed E-state index contributed by atoms with van der Waals surface area (Å²) in [5, 5.41) is 2.75. The summed E-state index contributed by atoms with van der Waals surface area (Å²) in [5.41, 5.74) is 1.24. The first-order valence-corrected chi connectivity index (χ1v) is 11.6. The molecule has 0 spiro atoms. The van der Waals surface area contributed by atoms with Gasteiger partial charge in [-0.3, -0.25) is 9.59 Å². The highest BCUT2D eigenvalue weighted by molar-refractivity contribution is 7.89. The van der Waals surface area contributed by atoms with Crippen molar-refractivity contribution in [3.63, 3.8) is 0 Å². The van der Waals surface area contributed by atoms with Crippen molar-refractivity contribution in [2.75, 3.05) is 23.8 Å². The van der Waals surface area contributed by atoms with Gasteiger partial charge >= 0.3 is 0 Å². The van der Waals surface area contributed by atoms with Gasteiger partial charge in [-0.1, -0.05) is 31.5 Å². The molecule has 3 rings (SSSR count). The van der Waals surface area contributed by atoms with E-state index >= 15 is 0 Å². The summed E-state index contributed by atoms with van der Waals surface area (Å²) >= 11 is 0. The van der Waals surface area contributed by atoms with Crippen LogP contribution < -0.4 is 14.9 Å². The van der Waals surface area contributed by atoms with Crippen LogP contribution in [0.1, 0.15) is 43.0 Å². The maximum atomic E-state index is 12.9. The van der Waals surface area contributed by atoms with Crippen molar-refractivity contribution in [3.8, 4) is 0 Å². The smallest absolute Gasteiger partial charge is 0.257 e. The Kier molecular flexibility index (Phi) is 6.89. The minimum Gasteiger partial charge on any atom is -0.322 e. The summed E-state index contributed by atoms with van der Waals surface area (Å²) in [4.78, 5) is 26.9. The van der Waals surface area contributed by atoms with Gasteiger partial charge < -0.3 is 10.2 Å². The number of anilines is 2. The second-order valence-electron chi connectivity index (χ2n) is 7.42. The Labute approximate surface area is 177 Å². The number of rotatable bonds is 9. The number of hydrogen-bond acceptors (Lipinski definition) is 4. The number of benzene rings is 2. The van der Waals surface area contributed by atoms with Crippen molar-refractivity contribution in [2.24, 2.45) is 5.92 Å². The molecule has 0 unspecified atom stereocenters. The lowest BCUT2D eigenvalue weighted by molar-refractivity contribution is -0.119. The number of carbonyl (C=O) groups is 2. The molecule has 30 heavy (non-hydrogen) atoms. The van der Waals surface area contributed by atoms with E-state index in [-0.39, 0.29) is 16.7 Å². The third-order valence-corrected chi connectivity index (χ3v) is 6.45.